The van der Waals surface area contributed by atoms with E-state index in [-0.39, 0.29) is 12.1 Å². The van der Waals surface area contributed by atoms with Crippen molar-refractivity contribution in [2.45, 2.75) is 76.1 Å². The zero-order valence-electron chi connectivity index (χ0n) is 25.2. The molecule has 6 nitrogen and oxygen atoms in total. The lowest BCUT2D eigenvalue weighted by Crippen LogP contribution is -2.37. The van der Waals surface area contributed by atoms with Gasteiger partial charge in [0.2, 0.25) is 0 Å². The van der Waals surface area contributed by atoms with Crippen LogP contribution in [-0.4, -0.2) is 54.5 Å². The van der Waals surface area contributed by atoms with E-state index in [2.05, 4.69) is 70.1 Å². The molecule has 6 heteroatoms. The molecule has 3 heterocycles. The van der Waals surface area contributed by atoms with Crippen LogP contribution in [0.2, 0.25) is 0 Å². The molecule has 4 aromatic rings. The maximum Gasteiger partial charge on any atom is 0.337 e. The first-order valence-corrected chi connectivity index (χ1v) is 16.1. The van der Waals surface area contributed by atoms with E-state index in [4.69, 9.17) is 14.2 Å². The van der Waals surface area contributed by atoms with Gasteiger partial charge in [0, 0.05) is 29.1 Å². The molecule has 1 aromatic heterocycles. The molecule has 3 aliphatic rings. The fourth-order valence-electron chi connectivity index (χ4n) is 7.59. The van der Waals surface area contributed by atoms with Crippen LogP contribution in [0.15, 0.2) is 72.8 Å². The molecule has 0 bridgehead atoms. The van der Waals surface area contributed by atoms with Crippen molar-refractivity contribution in [2.75, 3.05) is 26.9 Å². The Bertz CT molecular complexity index is 1570. The van der Waals surface area contributed by atoms with Crippen LogP contribution in [0.3, 0.4) is 0 Å². The minimum absolute atomic E-state index is 0.122. The maximum atomic E-state index is 12.6. The molecule has 2 fully saturated rings. The van der Waals surface area contributed by atoms with Crippen LogP contribution in [0.1, 0.15) is 72.3 Å². The number of ether oxygens (including phenoxy) is 3. The summed E-state index contributed by atoms with van der Waals surface area (Å²) < 4.78 is 20.8. The number of nitrogens with zero attached hydrogens (tertiary/aromatic N) is 2. The first-order chi connectivity index (χ1) is 21.2. The van der Waals surface area contributed by atoms with E-state index in [1.54, 1.807) is 0 Å². The lowest BCUT2D eigenvalue weighted by molar-refractivity contribution is -0.0150. The van der Waals surface area contributed by atoms with Gasteiger partial charge >= 0.3 is 5.97 Å². The lowest BCUT2D eigenvalue weighted by Gasteiger charge is -2.30. The van der Waals surface area contributed by atoms with E-state index in [1.165, 1.54) is 67.8 Å². The minimum Gasteiger partial charge on any atom is -0.490 e. The van der Waals surface area contributed by atoms with Crippen LogP contribution in [0.5, 0.6) is 5.75 Å². The van der Waals surface area contributed by atoms with Crippen molar-refractivity contribution in [1.29, 1.82) is 0 Å². The molecule has 0 amide bonds. The summed E-state index contributed by atoms with van der Waals surface area (Å²) in [5.41, 5.74) is 6.75. The fraction of sp³-hybridized carbons (Fsp3) is 0.432. The SMILES string of the molecule is COC(=O)c1ccc2c(C3CCCCC3)c3n(c2c1)C[C@H](OCC1CCCN1Cc1ccccc1)COc1ccccc1-3. The third-order valence-electron chi connectivity index (χ3n) is 9.74. The Morgan fingerprint density at radius 1 is 0.930 bits per heavy atom. The zero-order chi connectivity index (χ0) is 29.2. The smallest absolute Gasteiger partial charge is 0.337 e. The minimum atomic E-state index is -0.307. The number of rotatable bonds is 7. The summed E-state index contributed by atoms with van der Waals surface area (Å²) in [5, 5.41) is 1.23. The highest BCUT2D eigenvalue weighted by atomic mass is 16.5. The lowest BCUT2D eigenvalue weighted by atomic mass is 9.81. The van der Waals surface area contributed by atoms with Crippen molar-refractivity contribution in [1.82, 2.24) is 9.47 Å². The third-order valence-corrected chi connectivity index (χ3v) is 9.74. The largest absolute Gasteiger partial charge is 0.490 e. The van der Waals surface area contributed by atoms with Gasteiger partial charge in [0.25, 0.3) is 0 Å². The summed E-state index contributed by atoms with van der Waals surface area (Å²) in [6.07, 6.45) is 8.40. The quantitative estimate of drug-likeness (QED) is 0.212. The zero-order valence-corrected chi connectivity index (χ0v) is 25.2. The molecular formula is C37H42N2O4. The summed E-state index contributed by atoms with van der Waals surface area (Å²) >= 11 is 0. The van der Waals surface area contributed by atoms with E-state index in [1.807, 2.05) is 12.1 Å². The van der Waals surface area contributed by atoms with Crippen molar-refractivity contribution in [3.63, 3.8) is 0 Å². The maximum absolute atomic E-state index is 12.6. The van der Waals surface area contributed by atoms with Gasteiger partial charge in [0.05, 0.1) is 31.5 Å². The van der Waals surface area contributed by atoms with E-state index in [0.717, 1.165) is 36.3 Å². The van der Waals surface area contributed by atoms with E-state index in [0.29, 0.717) is 37.3 Å². The van der Waals surface area contributed by atoms with E-state index in [9.17, 15) is 4.79 Å². The van der Waals surface area contributed by atoms with E-state index >= 15 is 0 Å². The second-order valence-corrected chi connectivity index (χ2v) is 12.4. The van der Waals surface area contributed by atoms with Crippen LogP contribution in [0.25, 0.3) is 22.2 Å². The van der Waals surface area contributed by atoms with E-state index < -0.39 is 0 Å². The van der Waals surface area contributed by atoms with Crippen molar-refractivity contribution >= 4 is 16.9 Å². The highest BCUT2D eigenvalue weighted by molar-refractivity contribution is 5.99. The monoisotopic (exact) mass is 578 g/mol. The number of carbonyl (C=O) groups excluding carboxylic acids is 1. The van der Waals surface area contributed by atoms with Gasteiger partial charge in [-0.1, -0.05) is 67.8 Å². The molecule has 0 radical (unpaired) electrons. The molecule has 2 aliphatic heterocycles. The number of fused-ring (bicyclic) bond motifs is 5. The van der Waals surface area contributed by atoms with Gasteiger partial charge in [-0.2, -0.15) is 0 Å². The molecule has 1 saturated carbocycles. The van der Waals surface area contributed by atoms with Gasteiger partial charge < -0.3 is 18.8 Å². The Hall–Kier alpha value is -3.61. The Labute approximate surface area is 254 Å². The number of aromatic nitrogens is 1. The fourth-order valence-corrected chi connectivity index (χ4v) is 7.59. The number of likely N-dealkylation sites (tertiary alicyclic amines) is 1. The topological polar surface area (TPSA) is 52.9 Å². The number of carbonyl (C=O) groups is 1. The van der Waals surface area contributed by atoms with Crippen LogP contribution in [0.4, 0.5) is 0 Å². The molecule has 0 spiro atoms. The van der Waals surface area contributed by atoms with Crippen LogP contribution >= 0.6 is 0 Å². The second kappa shape index (κ2) is 12.6. The van der Waals surface area contributed by atoms with Crippen LogP contribution < -0.4 is 4.74 Å². The first kappa shape index (κ1) is 28.2. The predicted octanol–water partition coefficient (Wildman–Crippen LogP) is 7.58. The standard InChI is InChI=1S/C37H42N2O4/c1-41-37(40)28-18-19-31-33(21-28)39-23-30(42-24-29-15-10-20-38(29)22-26-11-4-2-5-12-26)25-43-34-17-9-8-16-32(34)36(39)35(31)27-13-6-3-7-14-27/h2,4-5,8-9,11-12,16-19,21,27,29-30H,3,6-7,10,13-15,20,22-25H2,1H3/t29?,30-/m0/s1. The molecule has 1 unspecified atom stereocenters. The highest BCUT2D eigenvalue weighted by Crippen LogP contribution is 2.47. The Balaban J connectivity index is 1.25. The number of para-hydroxylation sites is 1. The third kappa shape index (κ3) is 5.71. The molecule has 1 aliphatic carbocycles. The van der Waals surface area contributed by atoms with Gasteiger partial charge in [-0.3, -0.25) is 4.90 Å². The number of hydrogen-bond acceptors (Lipinski definition) is 5. The molecule has 7 rings (SSSR count). The van der Waals surface area contributed by atoms with Crippen molar-refractivity contribution in [3.05, 3.63) is 89.5 Å². The molecule has 2 atom stereocenters. The van der Waals surface area contributed by atoms with Crippen molar-refractivity contribution < 1.29 is 19.0 Å². The van der Waals surface area contributed by atoms with Gasteiger partial charge in [0.1, 0.15) is 18.5 Å². The molecule has 43 heavy (non-hydrogen) atoms. The molecule has 0 N–H and O–H groups in total. The van der Waals surface area contributed by atoms with Gasteiger partial charge in [0.15, 0.2) is 0 Å². The Kier molecular flexibility index (Phi) is 8.23. The molecular weight excluding hydrogens is 536 g/mol. The van der Waals surface area contributed by atoms with Gasteiger partial charge in [-0.05, 0) is 73.5 Å². The molecule has 1 saturated heterocycles. The number of esters is 1. The predicted molar refractivity (Wildman–Crippen MR) is 170 cm³/mol. The average Bonchev–Trinajstić information content (AvgIpc) is 3.62. The highest BCUT2D eigenvalue weighted by Gasteiger charge is 2.32. The summed E-state index contributed by atoms with van der Waals surface area (Å²) in [6, 6.07) is 25.6. The number of benzene rings is 3. The summed E-state index contributed by atoms with van der Waals surface area (Å²) in [5.74, 6) is 1.07. The number of hydrogen-bond donors (Lipinski definition) is 0. The van der Waals surface area contributed by atoms with Crippen LogP contribution in [-0.2, 0) is 22.6 Å². The van der Waals surface area contributed by atoms with Crippen LogP contribution in [0, 0.1) is 0 Å². The molecule has 3 aromatic carbocycles. The van der Waals surface area contributed by atoms with Crippen molar-refractivity contribution in [2.24, 2.45) is 0 Å². The Morgan fingerprint density at radius 3 is 2.58 bits per heavy atom. The molecule has 224 valence electrons. The van der Waals surface area contributed by atoms with Crippen molar-refractivity contribution in [3.8, 4) is 17.0 Å². The second-order valence-electron chi connectivity index (χ2n) is 12.4. The first-order valence-electron chi connectivity index (χ1n) is 16.1. The summed E-state index contributed by atoms with van der Waals surface area (Å²) in [4.78, 5) is 15.2. The Morgan fingerprint density at radius 2 is 1.74 bits per heavy atom. The summed E-state index contributed by atoms with van der Waals surface area (Å²) in [6.45, 7) is 3.89. The normalized spacial score (nSPS) is 21.0. The average molecular weight is 579 g/mol. The summed E-state index contributed by atoms with van der Waals surface area (Å²) in [7, 11) is 1.45. The van der Waals surface area contributed by atoms with Gasteiger partial charge in [-0.15, -0.1) is 0 Å². The van der Waals surface area contributed by atoms with Gasteiger partial charge in [-0.25, -0.2) is 4.79 Å². The number of methoxy groups -OCH3 is 1.